The van der Waals surface area contributed by atoms with Gasteiger partial charge in [-0.25, -0.2) is 8.42 Å². The van der Waals surface area contributed by atoms with Crippen LogP contribution < -0.4 is 14.4 Å². The van der Waals surface area contributed by atoms with Crippen LogP contribution in [0.2, 0.25) is 0 Å². The quantitative estimate of drug-likeness (QED) is 0.675. The van der Waals surface area contributed by atoms with Crippen LogP contribution in [0.25, 0.3) is 0 Å². The highest BCUT2D eigenvalue weighted by Gasteiger charge is 2.22. The van der Waals surface area contributed by atoms with E-state index in [1.54, 1.807) is 19.2 Å². The minimum Gasteiger partial charge on any atom is -0.496 e. The molecule has 6 nitrogen and oxygen atoms in total. The molecule has 1 amide bonds. The predicted molar refractivity (Wildman–Crippen MR) is 117 cm³/mol. The lowest BCUT2D eigenvalue weighted by atomic mass is 10.0. The number of carbonyl (C=O) groups is 1. The zero-order valence-corrected chi connectivity index (χ0v) is 18.5. The number of nitrogens with zero attached hydrogens (tertiary/aromatic N) is 1. The zero-order chi connectivity index (χ0) is 21.6. The molecule has 2 aromatic carbocycles. The predicted octanol–water partition coefficient (Wildman–Crippen LogP) is 3.60. The Hall–Kier alpha value is -2.54. The number of amides is 1. The number of hydrogen-bond donors (Lipinski definition) is 1. The van der Waals surface area contributed by atoms with E-state index in [0.717, 1.165) is 39.4 Å². The van der Waals surface area contributed by atoms with Gasteiger partial charge in [-0.15, -0.1) is 0 Å². The summed E-state index contributed by atoms with van der Waals surface area (Å²) in [6.07, 6.45) is 2.65. The normalized spacial score (nSPS) is 12.3. The zero-order valence-electron chi connectivity index (χ0n) is 17.7. The van der Waals surface area contributed by atoms with E-state index in [1.807, 2.05) is 51.1 Å². The van der Waals surface area contributed by atoms with Gasteiger partial charge in [0.1, 0.15) is 12.3 Å². The Kier molecular flexibility index (Phi) is 7.67. The van der Waals surface area contributed by atoms with Crippen molar-refractivity contribution in [2.45, 2.75) is 39.7 Å². The number of anilines is 1. The third kappa shape index (κ3) is 5.97. The molecule has 0 fully saturated rings. The molecule has 1 N–H and O–H groups in total. The van der Waals surface area contributed by atoms with Crippen molar-refractivity contribution in [1.82, 2.24) is 5.32 Å². The molecule has 0 spiro atoms. The first kappa shape index (κ1) is 22.7. The van der Waals surface area contributed by atoms with E-state index >= 15 is 0 Å². The van der Waals surface area contributed by atoms with Gasteiger partial charge in [0.05, 0.1) is 25.1 Å². The molecule has 0 heterocycles. The monoisotopic (exact) mass is 418 g/mol. The van der Waals surface area contributed by atoms with Gasteiger partial charge in [-0.2, -0.15) is 0 Å². The van der Waals surface area contributed by atoms with Gasteiger partial charge in [0.2, 0.25) is 15.9 Å². The molecule has 0 saturated heterocycles. The topological polar surface area (TPSA) is 75.7 Å². The van der Waals surface area contributed by atoms with Crippen LogP contribution in [0.4, 0.5) is 5.69 Å². The second-order valence-electron chi connectivity index (χ2n) is 7.05. The van der Waals surface area contributed by atoms with Crippen molar-refractivity contribution in [3.8, 4) is 5.75 Å². The third-order valence-electron chi connectivity index (χ3n) is 4.88. The molecule has 0 bridgehead atoms. The average Bonchev–Trinajstić information content (AvgIpc) is 2.69. The molecule has 0 aromatic heterocycles. The Morgan fingerprint density at radius 3 is 2.28 bits per heavy atom. The standard InChI is InChI=1S/C22H30N2O4S/c1-6-17-8-11-19(12-9-17)24(29(5,26)27)15-22(25)23-20(7-2)18-10-13-21(28-4)16(3)14-18/h8-14,20H,6-7,15H2,1-5H3,(H,23,25). The van der Waals surface area contributed by atoms with Crippen molar-refractivity contribution >= 4 is 21.6 Å². The van der Waals surface area contributed by atoms with Crippen molar-refractivity contribution in [1.29, 1.82) is 0 Å². The van der Waals surface area contributed by atoms with Crippen LogP contribution in [0.1, 0.15) is 43.0 Å². The largest absolute Gasteiger partial charge is 0.496 e. The highest BCUT2D eigenvalue weighted by molar-refractivity contribution is 7.92. The second kappa shape index (κ2) is 9.78. The summed E-state index contributed by atoms with van der Waals surface area (Å²) in [5, 5.41) is 2.96. The summed E-state index contributed by atoms with van der Waals surface area (Å²) >= 11 is 0. The number of ether oxygens (including phenoxy) is 1. The minimum absolute atomic E-state index is 0.212. The summed E-state index contributed by atoms with van der Waals surface area (Å²) in [6.45, 7) is 5.68. The Morgan fingerprint density at radius 2 is 1.79 bits per heavy atom. The molecule has 1 unspecified atom stereocenters. The molecule has 1 atom stereocenters. The van der Waals surface area contributed by atoms with Gasteiger partial charge in [0, 0.05) is 0 Å². The number of benzene rings is 2. The van der Waals surface area contributed by atoms with Crippen LogP contribution in [-0.2, 0) is 21.2 Å². The van der Waals surface area contributed by atoms with Crippen LogP contribution in [0.15, 0.2) is 42.5 Å². The highest BCUT2D eigenvalue weighted by Crippen LogP contribution is 2.24. The van der Waals surface area contributed by atoms with Crippen LogP contribution in [-0.4, -0.2) is 34.2 Å². The number of nitrogens with one attached hydrogen (secondary N) is 1. The summed E-state index contributed by atoms with van der Waals surface area (Å²) in [5.41, 5.74) is 3.52. The van der Waals surface area contributed by atoms with Gasteiger partial charge in [0.15, 0.2) is 0 Å². The molecule has 0 saturated carbocycles. The molecule has 2 rings (SSSR count). The maximum absolute atomic E-state index is 12.7. The first-order valence-electron chi connectivity index (χ1n) is 9.70. The Labute approximate surface area is 173 Å². The lowest BCUT2D eigenvalue weighted by Crippen LogP contribution is -2.41. The number of hydrogen-bond acceptors (Lipinski definition) is 4. The minimum atomic E-state index is -3.60. The third-order valence-corrected chi connectivity index (χ3v) is 6.03. The van der Waals surface area contributed by atoms with E-state index in [-0.39, 0.29) is 18.5 Å². The molecule has 0 radical (unpaired) electrons. The first-order valence-corrected chi connectivity index (χ1v) is 11.5. The van der Waals surface area contributed by atoms with Crippen LogP contribution >= 0.6 is 0 Å². The lowest BCUT2D eigenvalue weighted by Gasteiger charge is -2.24. The van der Waals surface area contributed by atoms with Gasteiger partial charge in [-0.1, -0.05) is 38.1 Å². The summed E-state index contributed by atoms with van der Waals surface area (Å²) in [6, 6.07) is 12.8. The number of rotatable bonds is 9. The van der Waals surface area contributed by atoms with Gasteiger partial charge in [0.25, 0.3) is 0 Å². The van der Waals surface area contributed by atoms with Gasteiger partial charge in [-0.3, -0.25) is 9.10 Å². The van der Waals surface area contributed by atoms with Crippen LogP contribution in [0.5, 0.6) is 5.75 Å². The summed E-state index contributed by atoms with van der Waals surface area (Å²) in [4.78, 5) is 12.7. The van der Waals surface area contributed by atoms with Crippen molar-refractivity contribution in [3.63, 3.8) is 0 Å². The molecule has 0 aliphatic rings. The van der Waals surface area contributed by atoms with Gasteiger partial charge in [-0.05, 0) is 54.7 Å². The van der Waals surface area contributed by atoms with E-state index in [0.29, 0.717) is 12.1 Å². The summed E-state index contributed by atoms with van der Waals surface area (Å²) < 4.78 is 31.0. The van der Waals surface area contributed by atoms with Crippen LogP contribution in [0, 0.1) is 6.92 Å². The Bertz CT molecular complexity index is 940. The van der Waals surface area contributed by atoms with Gasteiger partial charge < -0.3 is 10.1 Å². The SMILES string of the molecule is CCc1ccc(N(CC(=O)NC(CC)c2ccc(OC)c(C)c2)S(C)(=O)=O)cc1. The fourth-order valence-electron chi connectivity index (χ4n) is 3.21. The van der Waals surface area contributed by atoms with Crippen molar-refractivity contribution in [2.24, 2.45) is 0 Å². The van der Waals surface area contributed by atoms with E-state index < -0.39 is 10.0 Å². The van der Waals surface area contributed by atoms with E-state index in [4.69, 9.17) is 4.74 Å². The number of sulfonamides is 1. The molecular formula is C22H30N2O4S. The van der Waals surface area contributed by atoms with Crippen molar-refractivity contribution < 1.29 is 17.9 Å². The molecule has 0 aliphatic heterocycles. The molecule has 7 heteroatoms. The molecule has 29 heavy (non-hydrogen) atoms. The fraction of sp³-hybridized carbons (Fsp3) is 0.409. The highest BCUT2D eigenvalue weighted by atomic mass is 32.2. The molecule has 0 aliphatic carbocycles. The number of methoxy groups -OCH3 is 1. The average molecular weight is 419 g/mol. The van der Waals surface area contributed by atoms with E-state index in [2.05, 4.69) is 5.32 Å². The lowest BCUT2D eigenvalue weighted by molar-refractivity contribution is -0.120. The molecular weight excluding hydrogens is 388 g/mol. The summed E-state index contributed by atoms with van der Waals surface area (Å²) in [7, 11) is -1.98. The fourth-order valence-corrected chi connectivity index (χ4v) is 4.06. The molecule has 158 valence electrons. The van der Waals surface area contributed by atoms with Crippen LogP contribution in [0.3, 0.4) is 0 Å². The smallest absolute Gasteiger partial charge is 0.241 e. The van der Waals surface area contributed by atoms with E-state index in [1.165, 1.54) is 0 Å². The maximum Gasteiger partial charge on any atom is 0.241 e. The first-order chi connectivity index (χ1) is 13.7. The molecule has 2 aromatic rings. The number of carbonyl (C=O) groups excluding carboxylic acids is 1. The maximum atomic E-state index is 12.7. The Morgan fingerprint density at radius 1 is 1.14 bits per heavy atom. The number of aryl methyl sites for hydroxylation is 2. The van der Waals surface area contributed by atoms with Crippen molar-refractivity contribution in [2.75, 3.05) is 24.2 Å². The van der Waals surface area contributed by atoms with Gasteiger partial charge >= 0.3 is 0 Å². The second-order valence-corrected chi connectivity index (χ2v) is 8.95. The Balaban J connectivity index is 2.18. The van der Waals surface area contributed by atoms with Crippen molar-refractivity contribution in [3.05, 3.63) is 59.2 Å². The summed E-state index contributed by atoms with van der Waals surface area (Å²) in [5.74, 6) is 0.434. The van der Waals surface area contributed by atoms with E-state index in [9.17, 15) is 13.2 Å².